The second kappa shape index (κ2) is 8.88. The number of aromatic nitrogens is 2. The molecule has 0 unspecified atom stereocenters. The van der Waals surface area contributed by atoms with Crippen LogP contribution in [0, 0.1) is 0 Å². The van der Waals surface area contributed by atoms with Crippen LogP contribution in [-0.2, 0) is 11.2 Å². The van der Waals surface area contributed by atoms with E-state index < -0.39 is 0 Å². The summed E-state index contributed by atoms with van der Waals surface area (Å²) >= 11 is 7.00. The van der Waals surface area contributed by atoms with Crippen LogP contribution in [0.25, 0.3) is 5.69 Å². The van der Waals surface area contributed by atoms with Crippen molar-refractivity contribution in [3.63, 3.8) is 0 Å². The van der Waals surface area contributed by atoms with E-state index in [1.165, 1.54) is 10.1 Å². The summed E-state index contributed by atoms with van der Waals surface area (Å²) in [7, 11) is 0. The fraction of sp³-hybridized carbons (Fsp3) is 0.150. The predicted molar refractivity (Wildman–Crippen MR) is 110 cm³/mol. The molecule has 1 N–H and O–H groups in total. The van der Waals surface area contributed by atoms with Crippen LogP contribution in [0.3, 0.4) is 0 Å². The number of hydrogen-bond donors (Lipinski definition) is 1. The number of nitrogens with zero attached hydrogens (tertiary/aromatic N) is 2. The molecule has 0 radical (unpaired) electrons. The molecule has 0 saturated heterocycles. The number of carbonyl (C=O) groups excluding carboxylic acids is 1. The zero-order valence-electron chi connectivity index (χ0n) is 14.7. The smallest absolute Gasteiger partial charge is 0.287 e. The molecule has 0 spiro atoms. The van der Waals surface area contributed by atoms with Crippen LogP contribution >= 0.6 is 23.4 Å². The van der Waals surface area contributed by atoms with Crippen molar-refractivity contribution in [2.45, 2.75) is 18.4 Å². The van der Waals surface area contributed by atoms with Gasteiger partial charge in [-0.1, -0.05) is 42.4 Å². The average Bonchev–Trinajstić information content (AvgIpc) is 2.68. The number of halogens is 1. The molecule has 27 heavy (non-hydrogen) atoms. The lowest BCUT2D eigenvalue weighted by molar-refractivity contribution is -0.113. The molecule has 2 aromatic carbocycles. The van der Waals surface area contributed by atoms with Crippen molar-refractivity contribution in [3.05, 3.63) is 81.9 Å². The molecule has 3 aromatic rings. The van der Waals surface area contributed by atoms with Crippen LogP contribution in [0.2, 0.25) is 5.02 Å². The van der Waals surface area contributed by atoms with Gasteiger partial charge in [-0.15, -0.1) is 0 Å². The summed E-state index contributed by atoms with van der Waals surface area (Å²) in [6, 6.07) is 14.6. The molecule has 1 heterocycles. The number of hydrogen-bond acceptors (Lipinski definition) is 4. The molecule has 7 heteroatoms. The van der Waals surface area contributed by atoms with Gasteiger partial charge in [-0.2, -0.15) is 0 Å². The van der Waals surface area contributed by atoms with Gasteiger partial charge in [0.25, 0.3) is 5.56 Å². The number of aryl methyl sites for hydroxylation is 1. The van der Waals surface area contributed by atoms with Crippen LogP contribution in [0.4, 0.5) is 5.69 Å². The highest BCUT2D eigenvalue weighted by atomic mass is 35.5. The summed E-state index contributed by atoms with van der Waals surface area (Å²) < 4.78 is 1.48. The Labute approximate surface area is 166 Å². The van der Waals surface area contributed by atoms with Crippen molar-refractivity contribution in [3.8, 4) is 5.69 Å². The zero-order chi connectivity index (χ0) is 19.2. The Morgan fingerprint density at radius 1 is 1.15 bits per heavy atom. The maximum atomic E-state index is 12.6. The Balaban J connectivity index is 1.67. The molecular weight excluding hydrogens is 382 g/mol. The van der Waals surface area contributed by atoms with E-state index in [0.717, 1.165) is 23.9 Å². The molecule has 1 amide bonds. The SMILES string of the molecule is CCc1ccc(NC(=O)CSc2nccn(-c3ccc(Cl)cc3)c2=O)cc1. The van der Waals surface area contributed by atoms with E-state index >= 15 is 0 Å². The van der Waals surface area contributed by atoms with E-state index in [2.05, 4.69) is 17.2 Å². The van der Waals surface area contributed by atoms with Crippen LogP contribution in [0.15, 0.2) is 70.7 Å². The summed E-state index contributed by atoms with van der Waals surface area (Å²) in [6.45, 7) is 2.08. The number of carbonyl (C=O) groups is 1. The Kier molecular flexibility index (Phi) is 6.32. The number of thioether (sulfide) groups is 1. The van der Waals surface area contributed by atoms with E-state index in [9.17, 15) is 9.59 Å². The Morgan fingerprint density at radius 2 is 1.85 bits per heavy atom. The van der Waals surface area contributed by atoms with Gasteiger partial charge in [-0.25, -0.2) is 4.98 Å². The topological polar surface area (TPSA) is 64.0 Å². The fourth-order valence-corrected chi connectivity index (χ4v) is 3.28. The normalized spacial score (nSPS) is 10.6. The summed E-state index contributed by atoms with van der Waals surface area (Å²) in [6.07, 6.45) is 4.08. The van der Waals surface area contributed by atoms with Crippen molar-refractivity contribution < 1.29 is 4.79 Å². The van der Waals surface area contributed by atoms with Crippen molar-refractivity contribution in [1.29, 1.82) is 0 Å². The third-order valence-electron chi connectivity index (χ3n) is 3.90. The zero-order valence-corrected chi connectivity index (χ0v) is 16.3. The molecule has 0 saturated carbocycles. The van der Waals surface area contributed by atoms with Crippen molar-refractivity contribution in [2.24, 2.45) is 0 Å². The first-order chi connectivity index (χ1) is 13.1. The molecule has 0 aliphatic heterocycles. The second-order valence-corrected chi connectivity index (χ2v) is 7.17. The van der Waals surface area contributed by atoms with Crippen molar-refractivity contribution in [2.75, 3.05) is 11.1 Å². The van der Waals surface area contributed by atoms with E-state index in [0.29, 0.717) is 10.7 Å². The van der Waals surface area contributed by atoms with Gasteiger partial charge in [0.2, 0.25) is 5.91 Å². The Morgan fingerprint density at radius 3 is 2.52 bits per heavy atom. The van der Waals surface area contributed by atoms with Gasteiger partial charge in [-0.3, -0.25) is 14.2 Å². The van der Waals surface area contributed by atoms with E-state index in [1.807, 2.05) is 24.3 Å². The quantitative estimate of drug-likeness (QED) is 0.631. The standard InChI is InChI=1S/C20H18ClN3O2S/c1-2-14-3-7-16(8-4-14)23-18(25)13-27-19-20(26)24(12-11-22-19)17-9-5-15(21)6-10-17/h3-12H,2,13H2,1H3,(H,23,25). The van der Waals surface area contributed by atoms with Gasteiger partial charge in [0, 0.05) is 28.8 Å². The average molecular weight is 400 g/mol. The summed E-state index contributed by atoms with van der Waals surface area (Å²) in [5.41, 5.74) is 2.36. The molecule has 0 aliphatic rings. The minimum atomic E-state index is -0.273. The fourth-order valence-electron chi connectivity index (χ4n) is 2.45. The largest absolute Gasteiger partial charge is 0.325 e. The maximum Gasteiger partial charge on any atom is 0.287 e. The second-order valence-electron chi connectivity index (χ2n) is 5.77. The molecule has 0 aliphatic carbocycles. The van der Waals surface area contributed by atoms with Crippen LogP contribution in [0.5, 0.6) is 0 Å². The molecule has 138 valence electrons. The van der Waals surface area contributed by atoms with Gasteiger partial charge < -0.3 is 5.32 Å². The monoisotopic (exact) mass is 399 g/mol. The molecule has 3 rings (SSSR count). The van der Waals surface area contributed by atoms with Gasteiger partial charge in [-0.05, 0) is 48.4 Å². The number of nitrogens with one attached hydrogen (secondary N) is 1. The molecular formula is C20H18ClN3O2S. The maximum absolute atomic E-state index is 12.6. The Hall–Kier alpha value is -2.57. The lowest BCUT2D eigenvalue weighted by Gasteiger charge is -2.08. The van der Waals surface area contributed by atoms with Crippen LogP contribution < -0.4 is 10.9 Å². The third kappa shape index (κ3) is 4.99. The molecule has 0 bridgehead atoms. The molecule has 1 aromatic heterocycles. The van der Waals surface area contributed by atoms with Gasteiger partial charge in [0.15, 0.2) is 5.03 Å². The summed E-state index contributed by atoms with van der Waals surface area (Å²) in [4.78, 5) is 28.9. The van der Waals surface area contributed by atoms with Crippen molar-refractivity contribution >= 4 is 35.0 Å². The minimum absolute atomic E-state index is 0.0996. The number of benzene rings is 2. The molecule has 5 nitrogen and oxygen atoms in total. The molecule has 0 fully saturated rings. The highest BCUT2D eigenvalue weighted by molar-refractivity contribution is 7.99. The van der Waals surface area contributed by atoms with Gasteiger partial charge >= 0.3 is 0 Å². The predicted octanol–water partition coefficient (Wildman–Crippen LogP) is 4.18. The molecule has 0 atom stereocenters. The van der Waals surface area contributed by atoms with Gasteiger partial charge in [0.05, 0.1) is 5.75 Å². The summed E-state index contributed by atoms with van der Waals surface area (Å²) in [5, 5.41) is 3.69. The van der Waals surface area contributed by atoms with E-state index in [4.69, 9.17) is 11.6 Å². The van der Waals surface area contributed by atoms with Gasteiger partial charge in [0.1, 0.15) is 0 Å². The number of amides is 1. The first-order valence-corrected chi connectivity index (χ1v) is 9.78. The van der Waals surface area contributed by atoms with E-state index in [1.54, 1.807) is 36.7 Å². The highest BCUT2D eigenvalue weighted by Crippen LogP contribution is 2.15. The van der Waals surface area contributed by atoms with E-state index in [-0.39, 0.29) is 22.2 Å². The number of anilines is 1. The van der Waals surface area contributed by atoms with Crippen LogP contribution in [0.1, 0.15) is 12.5 Å². The lowest BCUT2D eigenvalue weighted by Crippen LogP contribution is -2.22. The highest BCUT2D eigenvalue weighted by Gasteiger charge is 2.10. The Bertz CT molecular complexity index is 985. The minimum Gasteiger partial charge on any atom is -0.325 e. The first kappa shape index (κ1) is 19.2. The van der Waals surface area contributed by atoms with Crippen LogP contribution in [-0.4, -0.2) is 21.2 Å². The number of rotatable bonds is 6. The summed E-state index contributed by atoms with van der Waals surface area (Å²) in [5.74, 6) is -0.0880. The van der Waals surface area contributed by atoms with Crippen molar-refractivity contribution in [1.82, 2.24) is 9.55 Å². The first-order valence-electron chi connectivity index (χ1n) is 8.42. The third-order valence-corrected chi connectivity index (χ3v) is 5.11. The lowest BCUT2D eigenvalue weighted by atomic mass is 10.1.